The molecular weight excluding hydrogens is 255 g/mol. The number of rotatable bonds is 5. The van der Waals surface area contributed by atoms with E-state index in [1.807, 2.05) is 0 Å². The van der Waals surface area contributed by atoms with E-state index in [9.17, 15) is 9.18 Å². The van der Waals surface area contributed by atoms with Crippen molar-refractivity contribution in [3.8, 4) is 0 Å². The molecule has 0 atom stereocenters. The third kappa shape index (κ3) is 3.04. The molecule has 1 aromatic heterocycles. The molecule has 0 amide bonds. The van der Waals surface area contributed by atoms with Gasteiger partial charge in [-0.2, -0.15) is 0 Å². The molecule has 0 aliphatic carbocycles. The summed E-state index contributed by atoms with van der Waals surface area (Å²) in [6, 6.07) is 6.57. The first-order valence-corrected chi connectivity index (χ1v) is 6.15. The van der Waals surface area contributed by atoms with Crippen molar-refractivity contribution in [3.05, 3.63) is 46.7 Å². The second-order valence-electron chi connectivity index (χ2n) is 3.60. The van der Waals surface area contributed by atoms with E-state index < -0.39 is 5.97 Å². The molecule has 0 spiro atoms. The van der Waals surface area contributed by atoms with Crippen molar-refractivity contribution in [3.63, 3.8) is 0 Å². The Hall–Kier alpha value is -1.95. The number of nitrogens with one attached hydrogen (secondary N) is 1. The molecule has 2 aromatic rings. The minimum absolute atomic E-state index is 0.184. The summed E-state index contributed by atoms with van der Waals surface area (Å²) in [5, 5.41) is 12.2. The van der Waals surface area contributed by atoms with Crippen LogP contribution in [0.2, 0.25) is 0 Å². The van der Waals surface area contributed by atoms with E-state index in [1.165, 1.54) is 12.3 Å². The number of halogens is 1. The molecule has 1 heterocycles. The molecule has 0 aliphatic rings. The van der Waals surface area contributed by atoms with E-state index in [-0.39, 0.29) is 10.7 Å². The minimum Gasteiger partial charge on any atom is -0.477 e. The first kappa shape index (κ1) is 12.5. The predicted octanol–water partition coefficient (Wildman–Crippen LogP) is 2.64. The van der Waals surface area contributed by atoms with Gasteiger partial charge in [-0.1, -0.05) is 29.5 Å². The van der Waals surface area contributed by atoms with Crippen molar-refractivity contribution in [2.24, 2.45) is 0 Å². The smallest absolute Gasteiger partial charge is 0.347 e. The lowest BCUT2D eigenvalue weighted by Gasteiger charge is -2.03. The summed E-state index contributed by atoms with van der Waals surface area (Å²) in [4.78, 5) is 14.8. The molecule has 0 bridgehead atoms. The van der Waals surface area contributed by atoms with Gasteiger partial charge >= 0.3 is 5.97 Å². The zero-order chi connectivity index (χ0) is 13.0. The Morgan fingerprint density at radius 1 is 1.44 bits per heavy atom. The van der Waals surface area contributed by atoms with Crippen molar-refractivity contribution < 1.29 is 14.3 Å². The average molecular weight is 266 g/mol. The molecule has 94 valence electrons. The molecule has 0 fully saturated rings. The Bertz CT molecular complexity index is 557. The maximum atomic E-state index is 13.3. The van der Waals surface area contributed by atoms with Crippen LogP contribution in [-0.4, -0.2) is 22.6 Å². The van der Waals surface area contributed by atoms with Crippen LogP contribution < -0.4 is 5.32 Å². The minimum atomic E-state index is -0.991. The topological polar surface area (TPSA) is 62.2 Å². The van der Waals surface area contributed by atoms with Gasteiger partial charge in [0.25, 0.3) is 0 Å². The Kier molecular flexibility index (Phi) is 3.88. The van der Waals surface area contributed by atoms with E-state index >= 15 is 0 Å². The fourth-order valence-corrected chi connectivity index (χ4v) is 2.14. The molecule has 0 aliphatic heterocycles. The zero-order valence-corrected chi connectivity index (χ0v) is 10.2. The van der Waals surface area contributed by atoms with Gasteiger partial charge in [0.05, 0.1) is 6.20 Å². The third-order valence-corrected chi connectivity index (χ3v) is 3.29. The Labute approximate surface area is 107 Å². The Balaban J connectivity index is 1.88. The summed E-state index contributed by atoms with van der Waals surface area (Å²) in [6.07, 6.45) is 1.83. The van der Waals surface area contributed by atoms with Gasteiger partial charge in [0.15, 0.2) is 5.13 Å². The number of carboxylic acid groups (broad SMARTS) is 1. The molecule has 2 N–H and O–H groups in total. The first-order valence-electron chi connectivity index (χ1n) is 5.33. The third-order valence-electron chi connectivity index (χ3n) is 2.34. The standard InChI is InChI=1S/C12H11FN2O2S/c13-9-4-2-1-3-8(9)5-6-14-12-15-7-10(18-12)11(16)17/h1-4,7H,5-6H2,(H,14,15)(H,16,17). The van der Waals surface area contributed by atoms with Crippen LogP contribution in [0, 0.1) is 5.82 Å². The number of aromatic carboxylic acids is 1. The van der Waals surface area contributed by atoms with Crippen molar-refractivity contribution in [1.29, 1.82) is 0 Å². The summed E-state index contributed by atoms with van der Waals surface area (Å²) in [5.41, 5.74) is 0.625. The van der Waals surface area contributed by atoms with Crippen LogP contribution in [-0.2, 0) is 6.42 Å². The Morgan fingerprint density at radius 3 is 2.89 bits per heavy atom. The maximum Gasteiger partial charge on any atom is 0.347 e. The fraction of sp³-hybridized carbons (Fsp3) is 0.167. The number of carboxylic acids is 1. The fourth-order valence-electron chi connectivity index (χ4n) is 1.46. The zero-order valence-electron chi connectivity index (χ0n) is 9.39. The summed E-state index contributed by atoms with van der Waals surface area (Å²) in [5.74, 6) is -1.22. The van der Waals surface area contributed by atoms with Gasteiger partial charge in [-0.05, 0) is 18.1 Å². The van der Waals surface area contributed by atoms with Crippen molar-refractivity contribution >= 4 is 22.4 Å². The van der Waals surface area contributed by atoms with E-state index in [4.69, 9.17) is 5.11 Å². The molecule has 2 rings (SSSR count). The van der Waals surface area contributed by atoms with E-state index in [2.05, 4.69) is 10.3 Å². The average Bonchev–Trinajstić information content (AvgIpc) is 2.80. The van der Waals surface area contributed by atoms with E-state index in [1.54, 1.807) is 18.2 Å². The summed E-state index contributed by atoms with van der Waals surface area (Å²) < 4.78 is 13.3. The van der Waals surface area contributed by atoms with Crippen LogP contribution in [0.15, 0.2) is 30.5 Å². The quantitative estimate of drug-likeness (QED) is 0.873. The van der Waals surface area contributed by atoms with Crippen LogP contribution >= 0.6 is 11.3 Å². The number of carbonyl (C=O) groups is 1. The van der Waals surface area contributed by atoms with Crippen LogP contribution in [0.1, 0.15) is 15.2 Å². The van der Waals surface area contributed by atoms with Gasteiger partial charge in [-0.15, -0.1) is 0 Å². The van der Waals surface area contributed by atoms with Gasteiger partial charge in [0, 0.05) is 6.54 Å². The lowest BCUT2D eigenvalue weighted by atomic mass is 10.1. The SMILES string of the molecule is O=C(O)c1cnc(NCCc2ccccc2F)s1. The number of nitrogens with zero attached hydrogens (tertiary/aromatic N) is 1. The van der Waals surface area contributed by atoms with Crippen molar-refractivity contribution in [2.75, 3.05) is 11.9 Å². The highest BCUT2D eigenvalue weighted by molar-refractivity contribution is 7.17. The van der Waals surface area contributed by atoms with Crippen molar-refractivity contribution in [1.82, 2.24) is 4.98 Å². The van der Waals surface area contributed by atoms with E-state index in [0.717, 1.165) is 11.3 Å². The molecule has 18 heavy (non-hydrogen) atoms. The highest BCUT2D eigenvalue weighted by Crippen LogP contribution is 2.17. The van der Waals surface area contributed by atoms with E-state index in [0.29, 0.717) is 23.7 Å². The molecule has 0 saturated carbocycles. The summed E-state index contributed by atoms with van der Waals surface area (Å²) in [7, 11) is 0. The molecule has 6 heteroatoms. The largest absolute Gasteiger partial charge is 0.477 e. The highest BCUT2D eigenvalue weighted by Gasteiger charge is 2.08. The molecule has 0 radical (unpaired) electrons. The normalized spacial score (nSPS) is 10.3. The summed E-state index contributed by atoms with van der Waals surface area (Å²) >= 11 is 1.06. The van der Waals surface area contributed by atoms with Gasteiger partial charge in [-0.25, -0.2) is 14.2 Å². The lowest BCUT2D eigenvalue weighted by Crippen LogP contribution is -2.05. The first-order chi connectivity index (χ1) is 8.66. The molecule has 0 unspecified atom stereocenters. The van der Waals surface area contributed by atoms with Gasteiger partial charge in [-0.3, -0.25) is 0 Å². The number of anilines is 1. The van der Waals surface area contributed by atoms with Gasteiger partial charge < -0.3 is 10.4 Å². The highest BCUT2D eigenvalue weighted by atomic mass is 32.1. The van der Waals surface area contributed by atoms with Gasteiger partial charge in [0.1, 0.15) is 10.7 Å². The molecule has 0 saturated heterocycles. The summed E-state index contributed by atoms with van der Waals surface area (Å²) in [6.45, 7) is 0.507. The number of thiazole rings is 1. The maximum absolute atomic E-state index is 13.3. The van der Waals surface area contributed by atoms with Gasteiger partial charge in [0.2, 0.25) is 0 Å². The number of aromatic nitrogens is 1. The second-order valence-corrected chi connectivity index (χ2v) is 4.63. The number of benzene rings is 1. The second kappa shape index (κ2) is 5.59. The molecule has 4 nitrogen and oxygen atoms in total. The predicted molar refractivity (Wildman–Crippen MR) is 67.7 cm³/mol. The van der Waals surface area contributed by atoms with Crippen LogP contribution in [0.4, 0.5) is 9.52 Å². The lowest BCUT2D eigenvalue weighted by molar-refractivity contribution is 0.0702. The molecule has 1 aromatic carbocycles. The Morgan fingerprint density at radius 2 is 2.22 bits per heavy atom. The molecular formula is C12H11FN2O2S. The number of hydrogen-bond acceptors (Lipinski definition) is 4. The van der Waals surface area contributed by atoms with Crippen molar-refractivity contribution in [2.45, 2.75) is 6.42 Å². The monoisotopic (exact) mass is 266 g/mol. The van der Waals surface area contributed by atoms with Crippen LogP contribution in [0.3, 0.4) is 0 Å². The van der Waals surface area contributed by atoms with Crippen LogP contribution in [0.5, 0.6) is 0 Å². The van der Waals surface area contributed by atoms with Crippen LogP contribution in [0.25, 0.3) is 0 Å². The number of hydrogen-bond donors (Lipinski definition) is 2.